The molecule has 0 bridgehead atoms. The Labute approximate surface area is 49.8 Å². The summed E-state index contributed by atoms with van der Waals surface area (Å²) in [6.45, 7) is 1.94. The zero-order valence-corrected chi connectivity index (χ0v) is 5.68. The summed E-state index contributed by atoms with van der Waals surface area (Å²) in [6.07, 6.45) is -0.157. The van der Waals surface area contributed by atoms with E-state index in [-0.39, 0.29) is 12.3 Å². The van der Waals surface area contributed by atoms with Crippen LogP contribution in [0.15, 0.2) is 0 Å². The van der Waals surface area contributed by atoms with Crippen molar-refractivity contribution < 1.29 is 15.2 Å². The van der Waals surface area contributed by atoms with Gasteiger partial charge in [-0.05, 0) is 6.92 Å². The molecule has 0 saturated heterocycles. The predicted molar refractivity (Wildman–Crippen MR) is 30.2 cm³/mol. The van der Waals surface area contributed by atoms with Crippen LogP contribution in [0.5, 0.6) is 0 Å². The number of hydrogen-bond donors (Lipinski definition) is 1. The molecular formula is C5H14NO2+. The second-order valence-electron chi connectivity index (χ2n) is 1.82. The number of quaternary nitrogens is 1. The van der Waals surface area contributed by atoms with Gasteiger partial charge in [-0.15, -0.1) is 0 Å². The lowest BCUT2D eigenvalue weighted by atomic mass is 10.3. The van der Waals surface area contributed by atoms with Gasteiger partial charge < -0.3 is 15.2 Å². The Hall–Kier alpha value is -0.120. The summed E-state index contributed by atoms with van der Waals surface area (Å²) in [5.41, 5.74) is 3.73. The van der Waals surface area contributed by atoms with Gasteiger partial charge in [0.05, 0.1) is 0 Å². The quantitative estimate of drug-likeness (QED) is 0.497. The molecule has 0 aromatic carbocycles. The number of ether oxygens (including phenoxy) is 2. The van der Waals surface area contributed by atoms with Crippen molar-refractivity contribution in [3.63, 3.8) is 0 Å². The molecule has 0 aromatic rings. The normalized spacial score (nSPS) is 14.6. The first-order chi connectivity index (χ1) is 3.72. The van der Waals surface area contributed by atoms with Crippen molar-refractivity contribution in [2.45, 2.75) is 19.3 Å². The number of hydrogen-bond acceptors (Lipinski definition) is 2. The zero-order valence-electron chi connectivity index (χ0n) is 5.68. The van der Waals surface area contributed by atoms with Crippen LogP contribution in [0.3, 0.4) is 0 Å². The Morgan fingerprint density at radius 1 is 1.25 bits per heavy atom. The highest BCUT2D eigenvalue weighted by Gasteiger charge is 2.12. The van der Waals surface area contributed by atoms with Crippen LogP contribution >= 0.6 is 0 Å². The summed E-state index contributed by atoms with van der Waals surface area (Å²) in [7, 11) is 3.21. The Balaban J connectivity index is 3.35. The third-order valence-corrected chi connectivity index (χ3v) is 0.929. The predicted octanol–water partition coefficient (Wildman–Crippen LogP) is -0.764. The van der Waals surface area contributed by atoms with E-state index >= 15 is 0 Å². The van der Waals surface area contributed by atoms with Gasteiger partial charge in [0.2, 0.25) is 6.29 Å². The Morgan fingerprint density at radius 3 is 1.62 bits per heavy atom. The fourth-order valence-corrected chi connectivity index (χ4v) is 0.561. The van der Waals surface area contributed by atoms with Gasteiger partial charge >= 0.3 is 0 Å². The molecule has 1 unspecified atom stereocenters. The molecular weight excluding hydrogens is 106 g/mol. The van der Waals surface area contributed by atoms with E-state index in [2.05, 4.69) is 5.73 Å². The highest BCUT2D eigenvalue weighted by Crippen LogP contribution is 1.91. The molecule has 0 aliphatic rings. The Morgan fingerprint density at radius 2 is 1.62 bits per heavy atom. The van der Waals surface area contributed by atoms with Crippen LogP contribution in [0.25, 0.3) is 0 Å². The Bertz CT molecular complexity index is 52.4. The second-order valence-corrected chi connectivity index (χ2v) is 1.82. The molecule has 0 radical (unpaired) electrons. The minimum atomic E-state index is -0.157. The van der Waals surface area contributed by atoms with Gasteiger partial charge in [-0.3, -0.25) is 0 Å². The van der Waals surface area contributed by atoms with E-state index in [1.54, 1.807) is 14.2 Å². The molecule has 0 amide bonds. The third-order valence-electron chi connectivity index (χ3n) is 0.929. The highest BCUT2D eigenvalue weighted by molar-refractivity contribution is 4.46. The first-order valence-corrected chi connectivity index (χ1v) is 2.61. The van der Waals surface area contributed by atoms with E-state index in [0.29, 0.717) is 0 Å². The van der Waals surface area contributed by atoms with Gasteiger partial charge in [-0.2, -0.15) is 0 Å². The van der Waals surface area contributed by atoms with Crippen LogP contribution in [0, 0.1) is 0 Å². The van der Waals surface area contributed by atoms with E-state index in [0.717, 1.165) is 0 Å². The van der Waals surface area contributed by atoms with E-state index in [1.807, 2.05) is 6.92 Å². The van der Waals surface area contributed by atoms with Crippen molar-refractivity contribution in [1.29, 1.82) is 0 Å². The lowest BCUT2D eigenvalue weighted by Crippen LogP contribution is -2.65. The number of rotatable bonds is 3. The highest BCUT2D eigenvalue weighted by atomic mass is 16.7. The Kier molecular flexibility index (Phi) is 3.77. The van der Waals surface area contributed by atoms with Crippen LogP contribution in [0.1, 0.15) is 6.92 Å². The lowest BCUT2D eigenvalue weighted by molar-refractivity contribution is -0.453. The van der Waals surface area contributed by atoms with E-state index in [9.17, 15) is 0 Å². The van der Waals surface area contributed by atoms with Crippen LogP contribution in [0.2, 0.25) is 0 Å². The van der Waals surface area contributed by atoms with Gasteiger partial charge in [0.25, 0.3) is 0 Å². The molecule has 3 N–H and O–H groups in total. The maximum absolute atomic E-state index is 4.88. The topological polar surface area (TPSA) is 46.1 Å². The molecule has 1 atom stereocenters. The maximum Gasteiger partial charge on any atom is 0.209 e. The second kappa shape index (κ2) is 3.83. The lowest BCUT2D eigenvalue weighted by Gasteiger charge is -2.13. The van der Waals surface area contributed by atoms with Gasteiger partial charge in [-0.25, -0.2) is 0 Å². The number of methoxy groups -OCH3 is 2. The fourth-order valence-electron chi connectivity index (χ4n) is 0.561. The fraction of sp³-hybridized carbons (Fsp3) is 1.00. The molecule has 0 heterocycles. The van der Waals surface area contributed by atoms with Crippen LogP contribution in [0.4, 0.5) is 0 Å². The summed E-state index contributed by atoms with van der Waals surface area (Å²) in [5, 5.41) is 0. The van der Waals surface area contributed by atoms with Crippen molar-refractivity contribution in [3.05, 3.63) is 0 Å². The zero-order chi connectivity index (χ0) is 6.57. The van der Waals surface area contributed by atoms with Gasteiger partial charge in [0.15, 0.2) is 0 Å². The maximum atomic E-state index is 4.88. The first kappa shape index (κ1) is 7.88. The molecule has 0 spiro atoms. The average molecular weight is 120 g/mol. The van der Waals surface area contributed by atoms with E-state index in [4.69, 9.17) is 9.47 Å². The van der Waals surface area contributed by atoms with E-state index in [1.165, 1.54) is 0 Å². The molecule has 3 nitrogen and oxygen atoms in total. The van der Waals surface area contributed by atoms with Crippen molar-refractivity contribution in [3.8, 4) is 0 Å². The van der Waals surface area contributed by atoms with Crippen molar-refractivity contribution in [2.75, 3.05) is 14.2 Å². The molecule has 0 aliphatic carbocycles. The molecule has 50 valence electrons. The molecule has 0 aromatic heterocycles. The van der Waals surface area contributed by atoms with Crippen LogP contribution in [-0.4, -0.2) is 26.6 Å². The van der Waals surface area contributed by atoms with Crippen LogP contribution in [-0.2, 0) is 9.47 Å². The third kappa shape index (κ3) is 2.26. The monoisotopic (exact) mass is 120 g/mol. The van der Waals surface area contributed by atoms with E-state index < -0.39 is 0 Å². The minimum Gasteiger partial charge on any atom is -0.351 e. The van der Waals surface area contributed by atoms with Gasteiger partial charge in [0, 0.05) is 14.2 Å². The largest absolute Gasteiger partial charge is 0.351 e. The molecule has 8 heavy (non-hydrogen) atoms. The molecule has 0 rings (SSSR count). The van der Waals surface area contributed by atoms with Crippen molar-refractivity contribution >= 4 is 0 Å². The smallest absolute Gasteiger partial charge is 0.209 e. The van der Waals surface area contributed by atoms with Gasteiger partial charge in [0.1, 0.15) is 6.04 Å². The SMILES string of the molecule is COC(OC)C(C)[NH3+]. The molecule has 0 fully saturated rings. The summed E-state index contributed by atoms with van der Waals surface area (Å²) < 4.78 is 9.75. The molecule has 0 saturated carbocycles. The molecule has 0 aliphatic heterocycles. The summed E-state index contributed by atoms with van der Waals surface area (Å²) in [5.74, 6) is 0. The van der Waals surface area contributed by atoms with Crippen molar-refractivity contribution in [2.24, 2.45) is 0 Å². The standard InChI is InChI=1S/C5H13NO2/c1-4(6)5(7-2)8-3/h4-5H,6H2,1-3H3/p+1. The first-order valence-electron chi connectivity index (χ1n) is 2.61. The summed E-state index contributed by atoms with van der Waals surface area (Å²) >= 11 is 0. The summed E-state index contributed by atoms with van der Waals surface area (Å²) in [4.78, 5) is 0. The molecule has 3 heteroatoms. The average Bonchev–Trinajstić information content (AvgIpc) is 1.69. The summed E-state index contributed by atoms with van der Waals surface area (Å²) in [6, 6.07) is 0.185. The minimum absolute atomic E-state index is 0.157. The van der Waals surface area contributed by atoms with Crippen LogP contribution < -0.4 is 5.73 Å². The van der Waals surface area contributed by atoms with Gasteiger partial charge in [-0.1, -0.05) is 0 Å². The van der Waals surface area contributed by atoms with Crippen molar-refractivity contribution in [1.82, 2.24) is 0 Å².